The SMILES string of the molecule is CSc1ccc(Br)cc1C(=O)CBr.CSc1ccc(Br)cc1C(=O)O.CSc1ccc(Br)cc1C(=O)O.CSc1ccc(Br)cc1C(C)=O.Nc1ccc(Br)cc1C(=O)O.[CH3-].[Li+]. The summed E-state index contributed by atoms with van der Waals surface area (Å²) in [6.45, 7) is 1.58. The first-order valence-electron chi connectivity index (χ1n) is 16.4. The van der Waals surface area contributed by atoms with Crippen LogP contribution in [0.15, 0.2) is 133 Å². The minimum Gasteiger partial charge on any atom is -0.478 e. The number of nitrogen functional groups attached to an aromatic ring is 1. The van der Waals surface area contributed by atoms with Gasteiger partial charge in [-0.2, -0.15) is 0 Å². The van der Waals surface area contributed by atoms with Gasteiger partial charge in [-0.25, -0.2) is 14.4 Å². The Morgan fingerprint density at radius 3 is 1.02 bits per heavy atom. The van der Waals surface area contributed by atoms with Gasteiger partial charge >= 0.3 is 36.8 Å². The van der Waals surface area contributed by atoms with Gasteiger partial charge in [0.2, 0.25) is 0 Å². The first-order chi connectivity index (χ1) is 28.2. The monoisotopic (exact) mass is 1290 g/mol. The molecule has 0 aliphatic rings. The molecule has 5 aromatic carbocycles. The molecular formula is C42H40Br6LiNO8S4. The van der Waals surface area contributed by atoms with Crippen LogP contribution < -0.4 is 24.6 Å². The van der Waals surface area contributed by atoms with Crippen LogP contribution >= 0.6 is 143 Å². The molecule has 0 amide bonds. The quantitative estimate of drug-likeness (QED) is 0.0260. The summed E-state index contributed by atoms with van der Waals surface area (Å²) in [5.74, 6) is -2.56. The molecule has 0 atom stereocenters. The fraction of sp³-hybridized carbons (Fsp3) is 0.143. The average molecular weight is 1300 g/mol. The summed E-state index contributed by atoms with van der Waals surface area (Å²) >= 11 is 25.5. The van der Waals surface area contributed by atoms with E-state index in [1.165, 1.54) is 29.6 Å². The smallest absolute Gasteiger partial charge is 0.478 e. The number of carboxylic acid groups (broad SMARTS) is 3. The molecule has 5 N–H and O–H groups in total. The molecule has 0 aliphatic carbocycles. The fourth-order valence-corrected chi connectivity index (χ4v) is 8.81. The Kier molecular flexibility index (Phi) is 33.4. The maximum Gasteiger partial charge on any atom is 1.00 e. The third-order valence-electron chi connectivity index (χ3n) is 7.15. The van der Waals surface area contributed by atoms with Crippen molar-refractivity contribution >= 4 is 178 Å². The summed E-state index contributed by atoms with van der Waals surface area (Å²) in [6, 6.07) is 26.7. The molecule has 62 heavy (non-hydrogen) atoms. The van der Waals surface area contributed by atoms with E-state index in [0.717, 1.165) is 48.6 Å². The minimum absolute atomic E-state index is 0. The van der Waals surface area contributed by atoms with Crippen molar-refractivity contribution in [3.05, 3.63) is 149 Å². The zero-order chi connectivity index (χ0) is 45.7. The van der Waals surface area contributed by atoms with Crippen LogP contribution in [-0.4, -0.2) is 75.1 Å². The summed E-state index contributed by atoms with van der Waals surface area (Å²) in [7, 11) is 0. The summed E-state index contributed by atoms with van der Waals surface area (Å²) in [4.78, 5) is 58.1. The van der Waals surface area contributed by atoms with Crippen molar-refractivity contribution in [3.8, 4) is 0 Å². The number of ketones is 2. The maximum atomic E-state index is 11.5. The second kappa shape index (κ2) is 33.1. The number of anilines is 1. The van der Waals surface area contributed by atoms with Gasteiger partial charge in [0.15, 0.2) is 11.6 Å². The van der Waals surface area contributed by atoms with Gasteiger partial charge in [0.1, 0.15) is 0 Å². The first kappa shape index (κ1) is 62.6. The van der Waals surface area contributed by atoms with E-state index in [1.54, 1.807) is 66.8 Å². The van der Waals surface area contributed by atoms with E-state index in [-0.39, 0.29) is 49.1 Å². The number of nitrogens with two attached hydrogens (primary N) is 1. The zero-order valence-electron chi connectivity index (χ0n) is 34.2. The molecule has 0 radical (unpaired) electrons. The van der Waals surface area contributed by atoms with E-state index in [4.69, 9.17) is 21.1 Å². The molecule has 5 rings (SSSR count). The van der Waals surface area contributed by atoms with E-state index < -0.39 is 17.9 Å². The standard InChI is InChI=1S/C9H8Br2OS.C9H9BrOS.2C8H7BrO2S.C7H6BrNO2.CH3.Li/c1-13-9-3-2-6(11)4-7(9)8(12)5-10;1-6(11)8-5-7(10)3-4-9(8)12-2;2*1-12-7-3-2-5(9)4-6(7)8(10)11;8-4-1-2-6(9)5(3-4)7(10)11;;/h2-4H,5H2,1H3;3-5H,1-2H3;2*2-4H,1H3,(H,10,11);1-3H,9H2,(H,10,11);1H3;/q;;;;;-1;+1. The van der Waals surface area contributed by atoms with Crippen LogP contribution in [0.25, 0.3) is 0 Å². The molecule has 5 aromatic rings. The Morgan fingerprint density at radius 1 is 0.484 bits per heavy atom. The number of benzene rings is 5. The number of hydrogen-bond acceptors (Lipinski definition) is 10. The van der Waals surface area contributed by atoms with E-state index in [2.05, 4.69) is 95.6 Å². The number of thioether (sulfide) groups is 4. The van der Waals surface area contributed by atoms with E-state index in [9.17, 15) is 24.0 Å². The fourth-order valence-electron chi connectivity index (χ4n) is 4.33. The van der Waals surface area contributed by atoms with Crippen LogP contribution in [0.2, 0.25) is 0 Å². The van der Waals surface area contributed by atoms with Crippen LogP contribution in [0, 0.1) is 7.43 Å². The van der Waals surface area contributed by atoms with Gasteiger partial charge < -0.3 is 28.5 Å². The molecule has 0 aromatic heterocycles. The van der Waals surface area contributed by atoms with Gasteiger partial charge in [0, 0.05) is 58.8 Å². The van der Waals surface area contributed by atoms with E-state index in [0.29, 0.717) is 20.9 Å². The van der Waals surface area contributed by atoms with Crippen LogP contribution in [-0.2, 0) is 0 Å². The Balaban J connectivity index is 0. The van der Waals surface area contributed by atoms with Gasteiger partial charge in [0.25, 0.3) is 0 Å². The van der Waals surface area contributed by atoms with Gasteiger partial charge in [-0.1, -0.05) is 95.6 Å². The third kappa shape index (κ3) is 22.1. The van der Waals surface area contributed by atoms with Gasteiger partial charge in [-0.15, -0.1) is 47.0 Å². The number of Topliss-reactive ketones (excluding diaryl/α,β-unsaturated/α-hetero) is 2. The summed E-state index contributed by atoms with van der Waals surface area (Å²) in [5, 5.41) is 26.5. The van der Waals surface area contributed by atoms with Crippen molar-refractivity contribution in [1.29, 1.82) is 0 Å². The molecule has 20 heteroatoms. The Bertz CT molecular complexity index is 2160. The molecule has 0 heterocycles. The van der Waals surface area contributed by atoms with Crippen molar-refractivity contribution in [2.75, 3.05) is 36.1 Å². The molecule has 0 spiro atoms. The first-order valence-corrected chi connectivity index (χ1v) is 26.4. The van der Waals surface area contributed by atoms with Crippen molar-refractivity contribution in [3.63, 3.8) is 0 Å². The molecule has 328 valence electrons. The molecule has 0 saturated carbocycles. The second-order valence-electron chi connectivity index (χ2n) is 11.1. The van der Waals surface area contributed by atoms with Crippen LogP contribution in [0.4, 0.5) is 5.69 Å². The molecule has 0 unspecified atom stereocenters. The largest absolute Gasteiger partial charge is 1.00 e. The number of carbonyl (C=O) groups excluding carboxylic acids is 2. The van der Waals surface area contributed by atoms with Gasteiger partial charge in [-0.3, -0.25) is 9.59 Å². The Hall–Kier alpha value is -1.47. The molecule has 0 aliphatic heterocycles. The number of aromatic carboxylic acids is 3. The summed E-state index contributed by atoms with van der Waals surface area (Å²) < 4.78 is 4.18. The average Bonchev–Trinajstić information content (AvgIpc) is 3.22. The molecule has 0 fully saturated rings. The van der Waals surface area contributed by atoms with Crippen LogP contribution in [0.5, 0.6) is 0 Å². The van der Waals surface area contributed by atoms with Crippen molar-refractivity contribution in [2.45, 2.75) is 26.5 Å². The molecular weight excluding hydrogens is 1260 g/mol. The normalized spacial score (nSPS) is 9.53. The number of alkyl halides is 1. The van der Waals surface area contributed by atoms with Crippen LogP contribution in [0.3, 0.4) is 0 Å². The second-order valence-corrected chi connectivity index (χ2v) is 19.7. The Labute approximate surface area is 442 Å². The van der Waals surface area contributed by atoms with E-state index >= 15 is 0 Å². The summed E-state index contributed by atoms with van der Waals surface area (Å²) in [6.07, 6.45) is 7.65. The van der Waals surface area contributed by atoms with E-state index in [1.807, 2.05) is 73.6 Å². The third-order valence-corrected chi connectivity index (χ3v) is 13.3. The number of halogens is 6. The van der Waals surface area contributed by atoms with Crippen molar-refractivity contribution < 1.29 is 58.2 Å². The molecule has 0 saturated heterocycles. The van der Waals surface area contributed by atoms with Gasteiger partial charge in [0.05, 0.1) is 22.0 Å². The van der Waals surface area contributed by atoms with Crippen molar-refractivity contribution in [1.82, 2.24) is 0 Å². The number of carbonyl (C=O) groups is 5. The molecule has 0 bridgehead atoms. The summed E-state index contributed by atoms with van der Waals surface area (Å²) in [5.41, 5.74) is 8.05. The molecule has 9 nitrogen and oxygen atoms in total. The number of rotatable bonds is 10. The number of hydrogen-bond donors (Lipinski definition) is 4. The Morgan fingerprint density at radius 2 is 0.742 bits per heavy atom. The van der Waals surface area contributed by atoms with Gasteiger partial charge in [-0.05, 0) is 123 Å². The van der Waals surface area contributed by atoms with Crippen LogP contribution in [0.1, 0.15) is 58.7 Å². The van der Waals surface area contributed by atoms with Crippen molar-refractivity contribution in [2.24, 2.45) is 0 Å². The number of carboxylic acids is 3. The zero-order valence-corrected chi connectivity index (χ0v) is 47.0. The topological polar surface area (TPSA) is 172 Å². The maximum absolute atomic E-state index is 11.5. The minimum atomic E-state index is -1.01. The predicted octanol–water partition coefficient (Wildman–Crippen LogP) is 12.0. The predicted molar refractivity (Wildman–Crippen MR) is 278 cm³/mol.